The predicted octanol–water partition coefficient (Wildman–Crippen LogP) is 5.79. The maximum Gasteiger partial charge on any atom is 0.278 e. The van der Waals surface area contributed by atoms with Crippen molar-refractivity contribution in [3.05, 3.63) is 77.1 Å². The zero-order valence-corrected chi connectivity index (χ0v) is 18.6. The zero-order valence-electron chi connectivity index (χ0n) is 17.8. The zero-order chi connectivity index (χ0) is 21.3. The highest BCUT2D eigenvalue weighted by atomic mass is 32.1. The third kappa shape index (κ3) is 3.87. The number of carbonyl (C=O) groups is 1. The van der Waals surface area contributed by atoms with Gasteiger partial charge < -0.3 is 0 Å². The van der Waals surface area contributed by atoms with Gasteiger partial charge >= 0.3 is 0 Å². The van der Waals surface area contributed by atoms with Crippen LogP contribution in [-0.2, 0) is 13.0 Å². The van der Waals surface area contributed by atoms with Gasteiger partial charge in [0.15, 0.2) is 5.13 Å². The van der Waals surface area contributed by atoms with Crippen LogP contribution >= 0.6 is 11.3 Å². The summed E-state index contributed by atoms with van der Waals surface area (Å²) >= 11 is 1.56. The van der Waals surface area contributed by atoms with Gasteiger partial charge in [-0.05, 0) is 50.5 Å². The minimum atomic E-state index is -0.0785. The maximum absolute atomic E-state index is 13.8. The second kappa shape index (κ2) is 8.40. The van der Waals surface area contributed by atoms with E-state index in [4.69, 9.17) is 4.98 Å². The van der Waals surface area contributed by atoms with E-state index in [0.717, 1.165) is 27.9 Å². The van der Waals surface area contributed by atoms with Crippen molar-refractivity contribution in [1.82, 2.24) is 14.8 Å². The van der Waals surface area contributed by atoms with Gasteiger partial charge in [0, 0.05) is 6.04 Å². The topological polar surface area (TPSA) is 51.0 Å². The quantitative estimate of drug-likeness (QED) is 0.398. The first-order valence-corrected chi connectivity index (χ1v) is 11.1. The molecule has 0 N–H and O–H groups in total. The molecule has 4 aromatic rings. The van der Waals surface area contributed by atoms with Crippen LogP contribution in [0.2, 0.25) is 0 Å². The Morgan fingerprint density at radius 3 is 2.60 bits per heavy atom. The van der Waals surface area contributed by atoms with Gasteiger partial charge in [-0.3, -0.25) is 14.4 Å². The van der Waals surface area contributed by atoms with Crippen LogP contribution in [-0.4, -0.2) is 20.7 Å². The molecule has 0 atom stereocenters. The number of anilines is 1. The summed E-state index contributed by atoms with van der Waals surface area (Å²) < 4.78 is 2.91. The van der Waals surface area contributed by atoms with Crippen molar-refractivity contribution in [3.63, 3.8) is 0 Å². The number of hydrogen-bond donors (Lipinski definition) is 0. The third-order valence-corrected chi connectivity index (χ3v) is 6.14. The summed E-state index contributed by atoms with van der Waals surface area (Å²) in [6.07, 6.45) is 0.909. The molecule has 5 nitrogen and oxygen atoms in total. The van der Waals surface area contributed by atoms with Crippen molar-refractivity contribution in [3.8, 4) is 0 Å². The Hall–Kier alpha value is -2.99. The molecule has 30 heavy (non-hydrogen) atoms. The Bertz CT molecular complexity index is 1180. The summed E-state index contributed by atoms with van der Waals surface area (Å²) in [7, 11) is 0. The molecule has 0 saturated carbocycles. The van der Waals surface area contributed by atoms with Gasteiger partial charge in [-0.1, -0.05) is 60.7 Å². The molecule has 154 valence electrons. The average Bonchev–Trinajstić information content (AvgIpc) is 3.35. The van der Waals surface area contributed by atoms with Gasteiger partial charge in [-0.2, -0.15) is 5.10 Å². The molecule has 0 fully saturated rings. The van der Waals surface area contributed by atoms with E-state index in [1.54, 1.807) is 20.9 Å². The predicted molar refractivity (Wildman–Crippen MR) is 123 cm³/mol. The fourth-order valence-electron chi connectivity index (χ4n) is 3.60. The standard InChI is InChI=1S/C24H26N4OS/c1-5-19-12-9-13-21-22(19)25-24(30-21)27(15-18-10-7-6-8-11-18)23(29)20-14-17(4)26-28(20)16(2)3/h6-14,16H,5,15H2,1-4H3. The first kappa shape index (κ1) is 20.3. The monoisotopic (exact) mass is 418 g/mol. The lowest BCUT2D eigenvalue weighted by Gasteiger charge is -2.21. The van der Waals surface area contributed by atoms with E-state index in [1.165, 1.54) is 5.56 Å². The first-order valence-electron chi connectivity index (χ1n) is 10.3. The smallest absolute Gasteiger partial charge is 0.278 e. The van der Waals surface area contributed by atoms with E-state index in [2.05, 4.69) is 30.2 Å². The van der Waals surface area contributed by atoms with Crippen LogP contribution < -0.4 is 4.90 Å². The van der Waals surface area contributed by atoms with Crippen molar-refractivity contribution < 1.29 is 4.79 Å². The molecule has 0 unspecified atom stereocenters. The molecule has 6 heteroatoms. The van der Waals surface area contributed by atoms with E-state index in [9.17, 15) is 4.79 Å². The van der Waals surface area contributed by atoms with Crippen LogP contribution in [0.1, 0.15) is 54.1 Å². The highest BCUT2D eigenvalue weighted by Gasteiger charge is 2.26. The maximum atomic E-state index is 13.8. The van der Waals surface area contributed by atoms with E-state index in [-0.39, 0.29) is 11.9 Å². The molecule has 0 bridgehead atoms. The Morgan fingerprint density at radius 1 is 1.13 bits per heavy atom. The van der Waals surface area contributed by atoms with Crippen LogP contribution in [0, 0.1) is 6.92 Å². The van der Waals surface area contributed by atoms with Crippen LogP contribution in [0.25, 0.3) is 10.2 Å². The first-order chi connectivity index (χ1) is 14.5. The molecule has 2 heterocycles. The molecule has 0 aliphatic heterocycles. The number of rotatable bonds is 6. The average molecular weight is 419 g/mol. The van der Waals surface area contributed by atoms with Gasteiger partial charge in [0.25, 0.3) is 5.91 Å². The minimum Gasteiger partial charge on any atom is -0.278 e. The molecular formula is C24H26N4OS. The highest BCUT2D eigenvalue weighted by Crippen LogP contribution is 2.33. The largest absolute Gasteiger partial charge is 0.278 e. The van der Waals surface area contributed by atoms with Crippen molar-refractivity contribution >= 4 is 32.6 Å². The normalized spacial score (nSPS) is 11.4. The molecule has 0 radical (unpaired) electrons. The van der Waals surface area contributed by atoms with E-state index < -0.39 is 0 Å². The van der Waals surface area contributed by atoms with Crippen LogP contribution in [0.3, 0.4) is 0 Å². The van der Waals surface area contributed by atoms with Crippen molar-refractivity contribution in [2.75, 3.05) is 4.90 Å². The van der Waals surface area contributed by atoms with Crippen LogP contribution in [0.15, 0.2) is 54.6 Å². The lowest BCUT2D eigenvalue weighted by molar-refractivity contribution is 0.0973. The molecule has 0 spiro atoms. The molecular weight excluding hydrogens is 392 g/mol. The summed E-state index contributed by atoms with van der Waals surface area (Å²) in [5.74, 6) is -0.0785. The molecule has 1 amide bonds. The summed E-state index contributed by atoms with van der Waals surface area (Å²) in [6, 6.07) is 18.2. The molecule has 2 aromatic carbocycles. The second-order valence-electron chi connectivity index (χ2n) is 7.70. The number of thiazole rings is 1. The molecule has 0 saturated heterocycles. The van der Waals surface area contributed by atoms with E-state index in [0.29, 0.717) is 17.4 Å². The summed E-state index contributed by atoms with van der Waals surface area (Å²) in [6.45, 7) is 8.59. The van der Waals surface area contributed by atoms with Crippen molar-refractivity contribution in [2.45, 2.75) is 46.7 Å². The number of benzene rings is 2. The number of aromatic nitrogens is 3. The number of amides is 1. The summed E-state index contributed by atoms with van der Waals surface area (Å²) in [5.41, 5.74) is 4.68. The summed E-state index contributed by atoms with van der Waals surface area (Å²) in [5, 5.41) is 5.25. The van der Waals surface area contributed by atoms with Crippen molar-refractivity contribution in [1.29, 1.82) is 0 Å². The Balaban J connectivity index is 1.82. The lowest BCUT2D eigenvalue weighted by Crippen LogP contribution is -2.32. The summed E-state index contributed by atoms with van der Waals surface area (Å²) in [4.78, 5) is 20.4. The van der Waals surface area contributed by atoms with Gasteiger partial charge in [-0.25, -0.2) is 4.98 Å². The number of carbonyl (C=O) groups excluding carboxylic acids is 1. The van der Waals surface area contributed by atoms with Gasteiger partial charge in [0.1, 0.15) is 5.69 Å². The number of nitrogens with zero attached hydrogens (tertiary/aromatic N) is 4. The molecule has 4 rings (SSSR count). The number of para-hydroxylation sites is 1. The minimum absolute atomic E-state index is 0.0785. The fourth-order valence-corrected chi connectivity index (χ4v) is 4.61. The van der Waals surface area contributed by atoms with Crippen molar-refractivity contribution in [2.24, 2.45) is 0 Å². The number of fused-ring (bicyclic) bond motifs is 1. The van der Waals surface area contributed by atoms with Crippen LogP contribution in [0.5, 0.6) is 0 Å². The lowest BCUT2D eigenvalue weighted by atomic mass is 10.1. The molecule has 0 aliphatic rings. The highest BCUT2D eigenvalue weighted by molar-refractivity contribution is 7.22. The Morgan fingerprint density at radius 2 is 1.90 bits per heavy atom. The third-order valence-electron chi connectivity index (χ3n) is 5.10. The van der Waals surface area contributed by atoms with Crippen LogP contribution in [0.4, 0.5) is 5.13 Å². The van der Waals surface area contributed by atoms with Gasteiger partial charge in [0.2, 0.25) is 0 Å². The number of hydrogen-bond acceptors (Lipinski definition) is 4. The number of aryl methyl sites for hydroxylation is 2. The van der Waals surface area contributed by atoms with Gasteiger partial charge in [0.05, 0.1) is 22.5 Å². The Labute approximate surface area is 181 Å². The SMILES string of the molecule is CCc1cccc2sc(N(Cc3ccccc3)C(=O)c3cc(C)nn3C(C)C)nc12. The van der Waals surface area contributed by atoms with Gasteiger partial charge in [-0.15, -0.1) is 0 Å². The molecule has 2 aromatic heterocycles. The van der Waals surface area contributed by atoms with E-state index in [1.807, 2.05) is 57.2 Å². The van der Waals surface area contributed by atoms with E-state index >= 15 is 0 Å². The second-order valence-corrected chi connectivity index (χ2v) is 8.71. The fraction of sp³-hybridized carbons (Fsp3) is 0.292. The Kier molecular flexibility index (Phi) is 5.68. The molecule has 0 aliphatic carbocycles.